The van der Waals surface area contributed by atoms with Crippen molar-refractivity contribution in [2.24, 2.45) is 0 Å². The molecule has 92 valence electrons. The van der Waals surface area contributed by atoms with E-state index in [4.69, 9.17) is 10.2 Å². The molecular formula is C11H12N6O. The molecule has 3 aromatic rings. The molecule has 0 aromatic carbocycles. The number of furan rings is 1. The predicted octanol–water partition coefficient (Wildman–Crippen LogP) is 1.18. The Morgan fingerprint density at radius 3 is 3.17 bits per heavy atom. The van der Waals surface area contributed by atoms with Crippen molar-refractivity contribution >= 4 is 22.8 Å². The van der Waals surface area contributed by atoms with Gasteiger partial charge in [0.15, 0.2) is 5.65 Å². The van der Waals surface area contributed by atoms with Crippen molar-refractivity contribution < 1.29 is 4.42 Å². The highest BCUT2D eigenvalue weighted by Crippen LogP contribution is 2.18. The monoisotopic (exact) mass is 244 g/mol. The van der Waals surface area contributed by atoms with Crippen LogP contribution in [0.1, 0.15) is 5.76 Å². The minimum atomic E-state index is 0.215. The molecule has 0 amide bonds. The molecule has 3 aromatic heterocycles. The summed E-state index contributed by atoms with van der Waals surface area (Å²) >= 11 is 0. The second-order valence-electron chi connectivity index (χ2n) is 3.82. The normalized spacial score (nSPS) is 10.9. The summed E-state index contributed by atoms with van der Waals surface area (Å²) in [4.78, 5) is 8.20. The van der Waals surface area contributed by atoms with Crippen LogP contribution in [0.2, 0.25) is 0 Å². The van der Waals surface area contributed by atoms with Crippen LogP contribution in [0, 0.1) is 0 Å². The Hall–Kier alpha value is -2.57. The van der Waals surface area contributed by atoms with Gasteiger partial charge < -0.3 is 15.5 Å². The molecule has 0 saturated heterocycles. The van der Waals surface area contributed by atoms with Gasteiger partial charge in [-0.05, 0) is 12.1 Å². The molecule has 18 heavy (non-hydrogen) atoms. The fraction of sp³-hybridized carbons (Fsp3) is 0.182. The lowest BCUT2D eigenvalue weighted by atomic mass is 10.3. The van der Waals surface area contributed by atoms with E-state index in [0.717, 1.165) is 17.6 Å². The van der Waals surface area contributed by atoms with E-state index in [1.165, 1.54) is 0 Å². The Morgan fingerprint density at radius 1 is 1.39 bits per heavy atom. The lowest BCUT2D eigenvalue weighted by Crippen LogP contribution is -2.08. The summed E-state index contributed by atoms with van der Waals surface area (Å²) in [6, 6.07) is 3.80. The van der Waals surface area contributed by atoms with Crippen LogP contribution in [0.25, 0.3) is 11.0 Å². The topological polar surface area (TPSA) is 106 Å². The smallest absolute Gasteiger partial charge is 0.224 e. The van der Waals surface area contributed by atoms with Gasteiger partial charge in [-0.2, -0.15) is 15.1 Å². The lowest BCUT2D eigenvalue weighted by molar-refractivity contribution is 0.513. The highest BCUT2D eigenvalue weighted by atomic mass is 16.3. The molecule has 4 N–H and O–H groups in total. The molecule has 3 heterocycles. The number of hydrogen-bond donors (Lipinski definition) is 3. The second-order valence-corrected chi connectivity index (χ2v) is 3.82. The summed E-state index contributed by atoms with van der Waals surface area (Å²) in [7, 11) is 0. The van der Waals surface area contributed by atoms with Gasteiger partial charge in [0.05, 0.1) is 17.8 Å². The average Bonchev–Trinajstić information content (AvgIpc) is 2.98. The number of nitrogens with one attached hydrogen (secondary N) is 2. The first-order valence-corrected chi connectivity index (χ1v) is 5.56. The molecule has 0 atom stereocenters. The van der Waals surface area contributed by atoms with E-state index in [1.54, 1.807) is 12.5 Å². The van der Waals surface area contributed by atoms with E-state index in [2.05, 4.69) is 25.5 Å². The van der Waals surface area contributed by atoms with Gasteiger partial charge in [-0.1, -0.05) is 0 Å². The minimum Gasteiger partial charge on any atom is -0.469 e. The summed E-state index contributed by atoms with van der Waals surface area (Å²) < 4.78 is 5.25. The molecule has 7 heteroatoms. The zero-order chi connectivity index (χ0) is 12.4. The van der Waals surface area contributed by atoms with Crippen molar-refractivity contribution in [2.45, 2.75) is 6.42 Å². The first kappa shape index (κ1) is 10.6. The highest BCUT2D eigenvalue weighted by Gasteiger charge is 2.07. The summed E-state index contributed by atoms with van der Waals surface area (Å²) in [6.07, 6.45) is 4.10. The maximum atomic E-state index is 5.62. The van der Waals surface area contributed by atoms with Crippen LogP contribution in [0.15, 0.2) is 29.0 Å². The minimum absolute atomic E-state index is 0.215. The third-order valence-electron chi connectivity index (χ3n) is 2.57. The van der Waals surface area contributed by atoms with Crippen molar-refractivity contribution in [1.29, 1.82) is 0 Å². The average molecular weight is 244 g/mol. The van der Waals surface area contributed by atoms with Gasteiger partial charge in [0, 0.05) is 13.0 Å². The van der Waals surface area contributed by atoms with Crippen molar-refractivity contribution in [2.75, 3.05) is 17.6 Å². The van der Waals surface area contributed by atoms with Crippen molar-refractivity contribution in [3.8, 4) is 0 Å². The Kier molecular flexibility index (Phi) is 2.56. The zero-order valence-corrected chi connectivity index (χ0v) is 9.55. The molecule has 0 aliphatic rings. The van der Waals surface area contributed by atoms with Crippen molar-refractivity contribution in [3.05, 3.63) is 30.4 Å². The van der Waals surface area contributed by atoms with Gasteiger partial charge in [-0.3, -0.25) is 5.10 Å². The molecular weight excluding hydrogens is 232 g/mol. The Balaban J connectivity index is 1.75. The molecule has 0 unspecified atom stereocenters. The number of nitrogen functional groups attached to an aromatic ring is 1. The zero-order valence-electron chi connectivity index (χ0n) is 9.55. The standard InChI is InChI=1S/C11H12N6O/c12-11-15-9(8-6-14-17-10(8)16-11)13-4-3-7-2-1-5-18-7/h1-2,5-6H,3-4H2,(H4,12,13,14,15,16,17). The van der Waals surface area contributed by atoms with E-state index < -0.39 is 0 Å². The largest absolute Gasteiger partial charge is 0.469 e. The van der Waals surface area contributed by atoms with Crippen LogP contribution in [-0.2, 0) is 6.42 Å². The Bertz CT molecular complexity index is 645. The van der Waals surface area contributed by atoms with Gasteiger partial charge in [0.1, 0.15) is 11.6 Å². The number of nitrogens with two attached hydrogens (primary N) is 1. The van der Waals surface area contributed by atoms with Gasteiger partial charge in [-0.25, -0.2) is 0 Å². The van der Waals surface area contributed by atoms with Crippen LogP contribution >= 0.6 is 0 Å². The van der Waals surface area contributed by atoms with Crippen molar-refractivity contribution in [3.63, 3.8) is 0 Å². The van der Waals surface area contributed by atoms with Gasteiger partial charge >= 0.3 is 0 Å². The molecule has 0 bridgehead atoms. The second kappa shape index (κ2) is 4.36. The summed E-state index contributed by atoms with van der Waals surface area (Å²) in [6.45, 7) is 0.699. The number of H-pyrrole nitrogens is 1. The highest BCUT2D eigenvalue weighted by molar-refractivity contribution is 5.86. The van der Waals surface area contributed by atoms with E-state index in [1.807, 2.05) is 12.1 Å². The van der Waals surface area contributed by atoms with E-state index in [0.29, 0.717) is 18.0 Å². The number of fused-ring (bicyclic) bond motifs is 1. The molecule has 7 nitrogen and oxygen atoms in total. The summed E-state index contributed by atoms with van der Waals surface area (Å²) in [5.41, 5.74) is 6.25. The molecule has 0 radical (unpaired) electrons. The maximum absolute atomic E-state index is 5.62. The SMILES string of the molecule is Nc1nc(NCCc2ccco2)c2cn[nH]c2n1. The third-order valence-corrected chi connectivity index (χ3v) is 2.57. The quantitative estimate of drug-likeness (QED) is 0.636. The number of aromatic nitrogens is 4. The van der Waals surface area contributed by atoms with Crippen LogP contribution in [0.4, 0.5) is 11.8 Å². The lowest BCUT2D eigenvalue weighted by Gasteiger charge is -2.05. The van der Waals surface area contributed by atoms with Crippen LogP contribution < -0.4 is 11.1 Å². The number of anilines is 2. The van der Waals surface area contributed by atoms with E-state index >= 15 is 0 Å². The van der Waals surface area contributed by atoms with E-state index in [9.17, 15) is 0 Å². The third kappa shape index (κ3) is 1.97. The van der Waals surface area contributed by atoms with Gasteiger partial charge in [0.25, 0.3) is 0 Å². The molecule has 3 rings (SSSR count). The first-order chi connectivity index (χ1) is 8.83. The van der Waals surface area contributed by atoms with Crippen LogP contribution in [0.3, 0.4) is 0 Å². The Labute approximate surface area is 102 Å². The molecule has 0 aliphatic carbocycles. The number of aromatic amines is 1. The summed E-state index contributed by atoms with van der Waals surface area (Å²) in [5, 5.41) is 10.7. The van der Waals surface area contributed by atoms with Crippen molar-refractivity contribution in [1.82, 2.24) is 20.2 Å². The van der Waals surface area contributed by atoms with E-state index in [-0.39, 0.29) is 5.95 Å². The summed E-state index contributed by atoms with van der Waals surface area (Å²) in [5.74, 6) is 1.82. The fourth-order valence-electron chi connectivity index (χ4n) is 1.75. The molecule has 0 spiro atoms. The fourth-order valence-corrected chi connectivity index (χ4v) is 1.75. The van der Waals surface area contributed by atoms with Crippen LogP contribution in [0.5, 0.6) is 0 Å². The Morgan fingerprint density at radius 2 is 2.33 bits per heavy atom. The van der Waals surface area contributed by atoms with Gasteiger partial charge in [-0.15, -0.1) is 0 Å². The molecule has 0 aliphatic heterocycles. The first-order valence-electron chi connectivity index (χ1n) is 5.56. The number of hydrogen-bond acceptors (Lipinski definition) is 6. The number of nitrogens with zero attached hydrogens (tertiary/aromatic N) is 3. The number of rotatable bonds is 4. The predicted molar refractivity (Wildman–Crippen MR) is 67.0 cm³/mol. The molecule has 0 fully saturated rings. The van der Waals surface area contributed by atoms with Crippen LogP contribution in [-0.4, -0.2) is 26.7 Å². The molecule has 0 saturated carbocycles. The maximum Gasteiger partial charge on any atom is 0.224 e. The van der Waals surface area contributed by atoms with Gasteiger partial charge in [0.2, 0.25) is 5.95 Å².